The highest BCUT2D eigenvalue weighted by atomic mass is 32.2. The number of ether oxygens (including phenoxy) is 1. The second kappa shape index (κ2) is 9.99. The summed E-state index contributed by atoms with van der Waals surface area (Å²) in [4.78, 5) is 24.7. The Bertz CT molecular complexity index is 763. The quantitative estimate of drug-likeness (QED) is 0.550. The Hall–Kier alpha value is -2.31. The molecule has 0 heterocycles. The number of rotatable bonds is 8. The average molecular weight is 373 g/mol. The van der Waals surface area contributed by atoms with Crippen LogP contribution in [0.1, 0.15) is 33.2 Å². The van der Waals surface area contributed by atoms with Crippen molar-refractivity contribution in [2.45, 2.75) is 24.3 Å². The Morgan fingerprint density at radius 2 is 1.77 bits per heavy atom. The SMILES string of the molecule is CCNC(=O)c1ccccc1CC(O)CSc1ccccc1C(=O)OC. The maximum atomic E-state index is 12.1. The number of hydrogen-bond donors (Lipinski definition) is 2. The highest BCUT2D eigenvalue weighted by molar-refractivity contribution is 7.99. The molecule has 0 aliphatic carbocycles. The minimum atomic E-state index is -0.652. The van der Waals surface area contributed by atoms with Crippen molar-refractivity contribution in [3.05, 3.63) is 65.2 Å². The van der Waals surface area contributed by atoms with Gasteiger partial charge >= 0.3 is 5.97 Å². The molecule has 2 N–H and O–H groups in total. The fourth-order valence-electron chi connectivity index (χ4n) is 2.55. The molecule has 1 unspecified atom stereocenters. The predicted molar refractivity (Wildman–Crippen MR) is 103 cm³/mol. The number of aliphatic hydroxyl groups excluding tert-OH is 1. The second-order valence-corrected chi connectivity index (χ2v) is 6.74. The third-order valence-corrected chi connectivity index (χ3v) is 5.00. The van der Waals surface area contributed by atoms with E-state index in [-0.39, 0.29) is 5.91 Å². The standard InChI is InChI=1S/C20H23NO4S/c1-3-21-19(23)16-9-5-4-8-14(16)12-15(22)13-26-18-11-7-6-10-17(18)20(24)25-2/h4-11,15,22H,3,12-13H2,1-2H3,(H,21,23). The lowest BCUT2D eigenvalue weighted by molar-refractivity contribution is 0.0596. The fourth-order valence-corrected chi connectivity index (χ4v) is 3.52. The van der Waals surface area contributed by atoms with Gasteiger partial charge in [-0.05, 0) is 37.1 Å². The molecule has 0 aliphatic heterocycles. The van der Waals surface area contributed by atoms with Gasteiger partial charge < -0.3 is 15.2 Å². The van der Waals surface area contributed by atoms with Crippen LogP contribution in [-0.2, 0) is 11.2 Å². The van der Waals surface area contributed by atoms with Gasteiger partial charge in [0.1, 0.15) is 0 Å². The molecule has 1 amide bonds. The lowest BCUT2D eigenvalue weighted by Crippen LogP contribution is -2.25. The van der Waals surface area contributed by atoms with E-state index in [9.17, 15) is 14.7 Å². The Balaban J connectivity index is 2.04. The number of hydrogen-bond acceptors (Lipinski definition) is 5. The van der Waals surface area contributed by atoms with Crippen molar-refractivity contribution < 1.29 is 19.4 Å². The number of thioether (sulfide) groups is 1. The Labute approximate surface area is 157 Å². The van der Waals surface area contributed by atoms with Gasteiger partial charge in [-0.1, -0.05) is 30.3 Å². The molecule has 0 radical (unpaired) electrons. The molecule has 2 rings (SSSR count). The third-order valence-electron chi connectivity index (χ3n) is 3.78. The molecule has 0 saturated carbocycles. The monoisotopic (exact) mass is 373 g/mol. The minimum absolute atomic E-state index is 0.140. The first-order chi connectivity index (χ1) is 12.6. The summed E-state index contributed by atoms with van der Waals surface area (Å²) in [5, 5.41) is 13.2. The van der Waals surface area contributed by atoms with Crippen LogP contribution < -0.4 is 5.32 Å². The maximum absolute atomic E-state index is 12.1. The number of aliphatic hydroxyl groups is 1. The number of nitrogens with one attached hydrogen (secondary N) is 1. The van der Waals surface area contributed by atoms with E-state index in [1.54, 1.807) is 18.2 Å². The minimum Gasteiger partial charge on any atom is -0.465 e. The van der Waals surface area contributed by atoms with Crippen molar-refractivity contribution in [3.8, 4) is 0 Å². The smallest absolute Gasteiger partial charge is 0.338 e. The Morgan fingerprint density at radius 1 is 1.12 bits per heavy atom. The van der Waals surface area contributed by atoms with Crippen molar-refractivity contribution >= 4 is 23.6 Å². The number of amides is 1. The van der Waals surface area contributed by atoms with Crippen LogP contribution in [0.3, 0.4) is 0 Å². The molecule has 0 saturated heterocycles. The zero-order valence-corrected chi connectivity index (χ0v) is 15.7. The maximum Gasteiger partial charge on any atom is 0.338 e. The van der Waals surface area contributed by atoms with Crippen molar-refractivity contribution in [3.63, 3.8) is 0 Å². The molecule has 6 heteroatoms. The van der Waals surface area contributed by atoms with Gasteiger partial charge in [-0.25, -0.2) is 4.79 Å². The molecule has 0 aromatic heterocycles. The summed E-state index contributed by atoms with van der Waals surface area (Å²) in [6.07, 6.45) is -0.290. The lowest BCUT2D eigenvalue weighted by Gasteiger charge is -2.14. The summed E-state index contributed by atoms with van der Waals surface area (Å²) in [6, 6.07) is 14.4. The van der Waals surface area contributed by atoms with E-state index in [4.69, 9.17) is 4.74 Å². The van der Waals surface area contributed by atoms with Gasteiger partial charge in [0.05, 0.1) is 18.8 Å². The van der Waals surface area contributed by atoms with Crippen LogP contribution in [0.15, 0.2) is 53.4 Å². The van der Waals surface area contributed by atoms with Crippen LogP contribution in [0.25, 0.3) is 0 Å². The van der Waals surface area contributed by atoms with Crippen LogP contribution in [0.4, 0.5) is 0 Å². The van der Waals surface area contributed by atoms with Crippen LogP contribution in [-0.4, -0.2) is 42.5 Å². The molecular formula is C20H23NO4S. The van der Waals surface area contributed by atoms with E-state index < -0.39 is 12.1 Å². The van der Waals surface area contributed by atoms with E-state index in [0.29, 0.717) is 29.8 Å². The van der Waals surface area contributed by atoms with E-state index in [0.717, 1.165) is 10.5 Å². The molecule has 5 nitrogen and oxygen atoms in total. The fraction of sp³-hybridized carbons (Fsp3) is 0.300. The van der Waals surface area contributed by atoms with Crippen LogP contribution in [0.2, 0.25) is 0 Å². The summed E-state index contributed by atoms with van der Waals surface area (Å²) in [6.45, 7) is 2.42. The normalized spacial score (nSPS) is 11.7. The van der Waals surface area contributed by atoms with Gasteiger partial charge in [-0.2, -0.15) is 0 Å². The molecule has 0 bridgehead atoms. The first-order valence-corrected chi connectivity index (χ1v) is 9.39. The zero-order valence-electron chi connectivity index (χ0n) is 14.9. The van der Waals surface area contributed by atoms with E-state index in [2.05, 4.69) is 5.32 Å². The van der Waals surface area contributed by atoms with E-state index in [1.165, 1.54) is 18.9 Å². The number of esters is 1. The van der Waals surface area contributed by atoms with Gasteiger partial charge in [0, 0.05) is 22.8 Å². The molecule has 1 atom stereocenters. The molecule has 0 aliphatic rings. The van der Waals surface area contributed by atoms with E-state index in [1.807, 2.05) is 37.3 Å². The summed E-state index contributed by atoms with van der Waals surface area (Å²) in [5.41, 5.74) is 1.86. The topological polar surface area (TPSA) is 75.6 Å². The molecule has 0 spiro atoms. The number of carbonyl (C=O) groups excluding carboxylic acids is 2. The highest BCUT2D eigenvalue weighted by Crippen LogP contribution is 2.25. The summed E-state index contributed by atoms with van der Waals surface area (Å²) >= 11 is 1.39. The van der Waals surface area contributed by atoms with Crippen molar-refractivity contribution in [2.24, 2.45) is 0 Å². The zero-order chi connectivity index (χ0) is 18.9. The van der Waals surface area contributed by atoms with Crippen LogP contribution in [0.5, 0.6) is 0 Å². The van der Waals surface area contributed by atoms with E-state index >= 15 is 0 Å². The van der Waals surface area contributed by atoms with Gasteiger partial charge in [0.15, 0.2) is 0 Å². The van der Waals surface area contributed by atoms with Gasteiger partial charge in [-0.15, -0.1) is 11.8 Å². The average Bonchev–Trinajstić information content (AvgIpc) is 2.66. The summed E-state index contributed by atoms with van der Waals surface area (Å²) in [5.74, 6) is -0.138. The summed E-state index contributed by atoms with van der Waals surface area (Å²) < 4.78 is 4.79. The molecule has 138 valence electrons. The number of carbonyl (C=O) groups is 2. The van der Waals surface area contributed by atoms with Gasteiger partial charge in [0.2, 0.25) is 0 Å². The highest BCUT2D eigenvalue weighted by Gasteiger charge is 2.16. The first kappa shape index (κ1) is 20.0. The Morgan fingerprint density at radius 3 is 2.46 bits per heavy atom. The lowest BCUT2D eigenvalue weighted by atomic mass is 10.0. The van der Waals surface area contributed by atoms with Gasteiger partial charge in [0.25, 0.3) is 5.91 Å². The number of methoxy groups -OCH3 is 1. The predicted octanol–water partition coefficient (Wildman–Crippen LogP) is 2.92. The van der Waals surface area contributed by atoms with Gasteiger partial charge in [-0.3, -0.25) is 4.79 Å². The van der Waals surface area contributed by atoms with Crippen LogP contribution >= 0.6 is 11.8 Å². The summed E-state index contributed by atoms with van der Waals surface area (Å²) in [7, 11) is 1.34. The first-order valence-electron chi connectivity index (χ1n) is 8.41. The molecular weight excluding hydrogens is 350 g/mol. The molecule has 0 fully saturated rings. The van der Waals surface area contributed by atoms with Crippen molar-refractivity contribution in [2.75, 3.05) is 19.4 Å². The molecule has 26 heavy (non-hydrogen) atoms. The van der Waals surface area contributed by atoms with Crippen molar-refractivity contribution in [1.29, 1.82) is 0 Å². The number of benzene rings is 2. The van der Waals surface area contributed by atoms with Crippen LogP contribution in [0, 0.1) is 0 Å². The molecule has 2 aromatic carbocycles. The largest absolute Gasteiger partial charge is 0.465 e. The second-order valence-electron chi connectivity index (χ2n) is 5.67. The van der Waals surface area contributed by atoms with Crippen molar-refractivity contribution in [1.82, 2.24) is 5.32 Å². The third kappa shape index (κ3) is 5.34. The molecule has 2 aromatic rings. The Kier molecular flexibility index (Phi) is 7.69.